The predicted octanol–water partition coefficient (Wildman–Crippen LogP) is 2.35. The molecule has 5 heteroatoms. The molecule has 1 heterocycles. The molecule has 0 unspecified atom stereocenters. The van der Waals surface area contributed by atoms with Gasteiger partial charge in [-0.3, -0.25) is 4.79 Å². The minimum absolute atomic E-state index is 0.0368. The maximum absolute atomic E-state index is 13.0. The smallest absolute Gasteiger partial charge is 0.239 e. The van der Waals surface area contributed by atoms with Crippen LogP contribution in [0.25, 0.3) is 0 Å². The Bertz CT molecular complexity index is 565. The van der Waals surface area contributed by atoms with Crippen LogP contribution in [0.3, 0.4) is 0 Å². The summed E-state index contributed by atoms with van der Waals surface area (Å²) in [6, 6.07) is 6.04. The average Bonchev–Trinajstić information content (AvgIpc) is 2.46. The summed E-state index contributed by atoms with van der Waals surface area (Å²) >= 11 is 5.20. The summed E-state index contributed by atoms with van der Waals surface area (Å²) in [5.41, 5.74) is 8.27. The van der Waals surface area contributed by atoms with Crippen LogP contribution in [0.2, 0.25) is 0 Å². The molecule has 1 aliphatic heterocycles. The van der Waals surface area contributed by atoms with E-state index in [1.165, 1.54) is 5.56 Å². The minimum atomic E-state index is -0.778. The number of nitrogens with zero attached hydrogens (tertiary/aromatic N) is 1. The lowest BCUT2D eigenvalue weighted by molar-refractivity contribution is -0.128. The zero-order valence-corrected chi connectivity index (χ0v) is 13.6. The number of nitrogens with two attached hydrogens (primary N) is 1. The fourth-order valence-electron chi connectivity index (χ4n) is 2.90. The third-order valence-electron chi connectivity index (χ3n) is 4.25. The van der Waals surface area contributed by atoms with E-state index in [-0.39, 0.29) is 10.9 Å². The molecule has 1 aromatic carbocycles. The van der Waals surface area contributed by atoms with E-state index in [9.17, 15) is 4.79 Å². The van der Waals surface area contributed by atoms with Crippen molar-refractivity contribution in [1.29, 1.82) is 0 Å². The number of ether oxygens (including phenoxy) is 1. The van der Waals surface area contributed by atoms with Gasteiger partial charge in [-0.25, -0.2) is 0 Å². The van der Waals surface area contributed by atoms with Crippen LogP contribution in [-0.2, 0) is 9.53 Å². The first-order valence-corrected chi connectivity index (χ1v) is 7.52. The number of hydrogen-bond acceptors (Lipinski definition) is 3. The molecule has 114 valence electrons. The van der Waals surface area contributed by atoms with E-state index in [1.807, 2.05) is 26.0 Å². The van der Waals surface area contributed by atoms with Crippen LogP contribution in [-0.4, -0.2) is 31.2 Å². The Kier molecular flexibility index (Phi) is 4.64. The van der Waals surface area contributed by atoms with Gasteiger partial charge in [0.15, 0.2) is 0 Å². The zero-order valence-electron chi connectivity index (χ0n) is 12.8. The molecule has 2 N–H and O–H groups in total. The van der Waals surface area contributed by atoms with Crippen molar-refractivity contribution in [2.45, 2.75) is 26.7 Å². The number of thiocarbonyl (C=S) groups is 1. The van der Waals surface area contributed by atoms with Gasteiger partial charge in [0.1, 0.15) is 5.41 Å². The number of aryl methyl sites for hydroxylation is 2. The number of rotatable bonds is 3. The summed E-state index contributed by atoms with van der Waals surface area (Å²) in [5.74, 6) is -0.0368. The normalized spacial score (nSPS) is 17.3. The van der Waals surface area contributed by atoms with Gasteiger partial charge in [-0.1, -0.05) is 29.9 Å². The van der Waals surface area contributed by atoms with Crippen molar-refractivity contribution in [1.82, 2.24) is 0 Å². The van der Waals surface area contributed by atoms with Gasteiger partial charge in [0.25, 0.3) is 0 Å². The van der Waals surface area contributed by atoms with E-state index in [1.54, 1.807) is 11.9 Å². The van der Waals surface area contributed by atoms with Crippen LogP contribution in [0.5, 0.6) is 0 Å². The van der Waals surface area contributed by atoms with E-state index < -0.39 is 5.41 Å². The highest BCUT2D eigenvalue weighted by molar-refractivity contribution is 7.80. The Morgan fingerprint density at radius 1 is 1.33 bits per heavy atom. The van der Waals surface area contributed by atoms with Crippen LogP contribution in [0.4, 0.5) is 5.69 Å². The van der Waals surface area contributed by atoms with Crippen molar-refractivity contribution in [3.05, 3.63) is 29.3 Å². The van der Waals surface area contributed by atoms with Gasteiger partial charge in [-0.2, -0.15) is 0 Å². The fraction of sp³-hybridized carbons (Fsp3) is 0.500. The van der Waals surface area contributed by atoms with Crippen molar-refractivity contribution < 1.29 is 9.53 Å². The number of carbonyl (C=O) groups is 1. The first-order valence-electron chi connectivity index (χ1n) is 7.11. The molecule has 0 atom stereocenters. The number of carbonyl (C=O) groups excluding carboxylic acids is 1. The molecule has 21 heavy (non-hydrogen) atoms. The number of hydrogen-bond donors (Lipinski definition) is 1. The van der Waals surface area contributed by atoms with Crippen molar-refractivity contribution in [2.75, 3.05) is 25.2 Å². The Labute approximate surface area is 131 Å². The van der Waals surface area contributed by atoms with Crippen LogP contribution < -0.4 is 10.6 Å². The maximum atomic E-state index is 13.0. The molecular weight excluding hydrogens is 284 g/mol. The molecular formula is C16H22N2O2S. The molecule has 1 aliphatic rings. The molecule has 0 aromatic heterocycles. The largest absolute Gasteiger partial charge is 0.392 e. The first-order chi connectivity index (χ1) is 9.88. The van der Waals surface area contributed by atoms with Gasteiger partial charge < -0.3 is 15.4 Å². The van der Waals surface area contributed by atoms with Crippen molar-refractivity contribution in [2.24, 2.45) is 11.1 Å². The maximum Gasteiger partial charge on any atom is 0.239 e. The standard InChI is InChI=1S/C16H22N2O2S/c1-11-4-5-13(12(2)10-11)18(3)15(19)16(14(17)21)6-8-20-9-7-16/h4-5,10H,6-9H2,1-3H3,(H2,17,21). The second-order valence-electron chi connectivity index (χ2n) is 5.71. The zero-order chi connectivity index (χ0) is 15.6. The van der Waals surface area contributed by atoms with Gasteiger partial charge in [0, 0.05) is 25.9 Å². The van der Waals surface area contributed by atoms with Gasteiger partial charge in [0.05, 0.1) is 4.99 Å². The highest BCUT2D eigenvalue weighted by atomic mass is 32.1. The molecule has 0 spiro atoms. The second kappa shape index (κ2) is 6.12. The van der Waals surface area contributed by atoms with Gasteiger partial charge in [-0.15, -0.1) is 0 Å². The second-order valence-corrected chi connectivity index (χ2v) is 6.15. The molecule has 1 saturated heterocycles. The summed E-state index contributed by atoms with van der Waals surface area (Å²) in [4.78, 5) is 15.0. The van der Waals surface area contributed by atoms with Crippen molar-refractivity contribution >= 4 is 28.8 Å². The van der Waals surface area contributed by atoms with Gasteiger partial charge >= 0.3 is 0 Å². The van der Waals surface area contributed by atoms with Gasteiger partial charge in [-0.05, 0) is 38.3 Å². The van der Waals surface area contributed by atoms with Crippen LogP contribution in [0.15, 0.2) is 18.2 Å². The topological polar surface area (TPSA) is 55.6 Å². The Balaban J connectivity index is 2.34. The number of anilines is 1. The SMILES string of the molecule is Cc1ccc(N(C)C(=O)C2(C(N)=S)CCOCC2)c(C)c1. The molecule has 0 bridgehead atoms. The van der Waals surface area contributed by atoms with E-state index >= 15 is 0 Å². The molecule has 0 saturated carbocycles. The summed E-state index contributed by atoms with van der Waals surface area (Å²) in [6.45, 7) is 5.07. The van der Waals surface area contributed by atoms with Crippen LogP contribution >= 0.6 is 12.2 Å². The van der Waals surface area contributed by atoms with E-state index in [2.05, 4.69) is 6.07 Å². The molecule has 0 aliphatic carbocycles. The Morgan fingerprint density at radius 3 is 2.48 bits per heavy atom. The lowest BCUT2D eigenvalue weighted by Crippen LogP contribution is -2.52. The van der Waals surface area contributed by atoms with Crippen molar-refractivity contribution in [3.63, 3.8) is 0 Å². The Hall–Kier alpha value is -1.46. The van der Waals surface area contributed by atoms with E-state index in [0.29, 0.717) is 26.1 Å². The number of amides is 1. The summed E-state index contributed by atoms with van der Waals surface area (Å²) in [7, 11) is 1.79. The fourth-order valence-corrected chi connectivity index (χ4v) is 3.19. The summed E-state index contributed by atoms with van der Waals surface area (Å²) in [5, 5.41) is 0. The summed E-state index contributed by atoms with van der Waals surface area (Å²) in [6.07, 6.45) is 1.10. The first kappa shape index (κ1) is 15.9. The van der Waals surface area contributed by atoms with Crippen molar-refractivity contribution in [3.8, 4) is 0 Å². The monoisotopic (exact) mass is 306 g/mol. The predicted molar refractivity (Wildman–Crippen MR) is 88.6 cm³/mol. The number of benzene rings is 1. The molecule has 1 amide bonds. The molecule has 0 radical (unpaired) electrons. The van der Waals surface area contributed by atoms with E-state index in [4.69, 9.17) is 22.7 Å². The lowest BCUT2D eigenvalue weighted by atomic mass is 9.78. The summed E-state index contributed by atoms with van der Waals surface area (Å²) < 4.78 is 5.36. The van der Waals surface area contributed by atoms with E-state index in [0.717, 1.165) is 11.3 Å². The quantitative estimate of drug-likeness (QED) is 0.871. The average molecular weight is 306 g/mol. The third-order valence-corrected chi connectivity index (χ3v) is 4.64. The lowest BCUT2D eigenvalue weighted by Gasteiger charge is -2.38. The van der Waals surface area contributed by atoms with Gasteiger partial charge in [0.2, 0.25) is 5.91 Å². The molecule has 2 rings (SSSR count). The molecule has 4 nitrogen and oxygen atoms in total. The highest BCUT2D eigenvalue weighted by Crippen LogP contribution is 2.35. The molecule has 1 aromatic rings. The molecule has 1 fully saturated rings. The Morgan fingerprint density at radius 2 is 1.95 bits per heavy atom. The highest BCUT2D eigenvalue weighted by Gasteiger charge is 2.45. The minimum Gasteiger partial charge on any atom is -0.392 e. The third kappa shape index (κ3) is 2.94. The van der Waals surface area contributed by atoms with Crippen LogP contribution in [0, 0.1) is 19.3 Å². The van der Waals surface area contributed by atoms with Crippen LogP contribution in [0.1, 0.15) is 24.0 Å².